The van der Waals surface area contributed by atoms with Crippen molar-refractivity contribution in [2.45, 2.75) is 39.7 Å². The zero-order chi connectivity index (χ0) is 13.0. The first kappa shape index (κ1) is 14.2. The van der Waals surface area contributed by atoms with Crippen LogP contribution in [0, 0.1) is 5.92 Å². The summed E-state index contributed by atoms with van der Waals surface area (Å²) in [5, 5.41) is 4.55. The minimum atomic E-state index is 0.0264. The summed E-state index contributed by atoms with van der Waals surface area (Å²) >= 11 is 6.02. The summed E-state index contributed by atoms with van der Waals surface area (Å²) in [5.74, 6) is 0.243. The molecule has 0 aliphatic carbocycles. The van der Waals surface area contributed by atoms with Crippen LogP contribution in [0.4, 0.5) is 0 Å². The van der Waals surface area contributed by atoms with Crippen LogP contribution in [0.1, 0.15) is 50.1 Å². The third kappa shape index (κ3) is 3.30. The van der Waals surface area contributed by atoms with Crippen LogP contribution < -0.4 is 5.73 Å². The van der Waals surface area contributed by atoms with E-state index in [-0.39, 0.29) is 17.7 Å². The van der Waals surface area contributed by atoms with Crippen LogP contribution in [0.25, 0.3) is 0 Å². The molecule has 0 spiro atoms. The molecule has 5 heteroatoms. The second kappa shape index (κ2) is 6.17. The number of ketones is 1. The van der Waals surface area contributed by atoms with Crippen molar-refractivity contribution in [3.63, 3.8) is 0 Å². The number of rotatable bonds is 6. The highest BCUT2D eigenvalue weighted by Crippen LogP contribution is 2.22. The predicted octanol–water partition coefficient (Wildman–Crippen LogP) is 2.68. The lowest BCUT2D eigenvalue weighted by molar-refractivity contribution is 0.0949. The number of carbonyl (C=O) groups is 1. The summed E-state index contributed by atoms with van der Waals surface area (Å²) in [6.45, 7) is 6.50. The Balaban J connectivity index is 2.91. The second-order valence-corrected chi connectivity index (χ2v) is 4.92. The number of carbonyl (C=O) groups excluding carboxylic acids is 1. The third-order valence-electron chi connectivity index (χ3n) is 2.89. The van der Waals surface area contributed by atoms with Crippen molar-refractivity contribution in [2.75, 3.05) is 6.54 Å². The van der Waals surface area contributed by atoms with Crippen LogP contribution in [0.2, 0.25) is 5.02 Å². The van der Waals surface area contributed by atoms with E-state index in [2.05, 4.69) is 5.10 Å². The zero-order valence-electron chi connectivity index (χ0n) is 10.6. The molecule has 4 nitrogen and oxygen atoms in total. The lowest BCUT2D eigenvalue weighted by Crippen LogP contribution is -2.20. The SMILES string of the molecule is CCC(CN)CC(=O)c1c(Cl)cnn1C(C)C. The summed E-state index contributed by atoms with van der Waals surface area (Å²) < 4.78 is 1.67. The molecule has 1 aromatic heterocycles. The molecule has 0 bridgehead atoms. The highest BCUT2D eigenvalue weighted by Gasteiger charge is 2.21. The molecule has 1 unspecified atom stereocenters. The van der Waals surface area contributed by atoms with Gasteiger partial charge < -0.3 is 5.73 Å². The Morgan fingerprint density at radius 3 is 2.71 bits per heavy atom. The van der Waals surface area contributed by atoms with E-state index in [1.807, 2.05) is 20.8 Å². The van der Waals surface area contributed by atoms with Crippen LogP contribution in [-0.2, 0) is 0 Å². The number of halogens is 1. The Hall–Kier alpha value is -0.870. The van der Waals surface area contributed by atoms with Crippen molar-refractivity contribution in [2.24, 2.45) is 11.7 Å². The molecular formula is C12H20ClN3O. The van der Waals surface area contributed by atoms with Gasteiger partial charge in [-0.05, 0) is 26.3 Å². The standard InChI is InChI=1S/C12H20ClN3O/c1-4-9(6-14)5-11(17)12-10(13)7-15-16(12)8(2)3/h7-9H,4-6,14H2,1-3H3. The van der Waals surface area contributed by atoms with E-state index < -0.39 is 0 Å². The molecule has 0 aromatic carbocycles. The number of Topliss-reactive ketones (excluding diaryl/α,β-unsaturated/α-hetero) is 1. The average molecular weight is 258 g/mol. The van der Waals surface area contributed by atoms with E-state index in [1.54, 1.807) is 4.68 Å². The number of aromatic nitrogens is 2. The molecule has 1 rings (SSSR count). The molecule has 0 radical (unpaired) electrons. The van der Waals surface area contributed by atoms with Crippen LogP contribution >= 0.6 is 11.6 Å². The van der Waals surface area contributed by atoms with Gasteiger partial charge in [-0.1, -0.05) is 24.9 Å². The minimum absolute atomic E-state index is 0.0264. The summed E-state index contributed by atoms with van der Waals surface area (Å²) in [4.78, 5) is 12.2. The van der Waals surface area contributed by atoms with Crippen molar-refractivity contribution < 1.29 is 4.79 Å². The Morgan fingerprint density at radius 1 is 1.59 bits per heavy atom. The number of nitrogens with zero attached hydrogens (tertiary/aromatic N) is 2. The first-order valence-corrected chi connectivity index (χ1v) is 6.35. The van der Waals surface area contributed by atoms with E-state index in [0.29, 0.717) is 23.7 Å². The van der Waals surface area contributed by atoms with Gasteiger partial charge in [-0.25, -0.2) is 0 Å². The normalized spacial score (nSPS) is 13.1. The monoisotopic (exact) mass is 257 g/mol. The zero-order valence-corrected chi connectivity index (χ0v) is 11.4. The molecule has 0 aliphatic rings. The maximum Gasteiger partial charge on any atom is 0.182 e. The van der Waals surface area contributed by atoms with Gasteiger partial charge in [0, 0.05) is 12.5 Å². The molecule has 1 atom stereocenters. The van der Waals surface area contributed by atoms with Crippen molar-refractivity contribution >= 4 is 17.4 Å². The van der Waals surface area contributed by atoms with E-state index in [0.717, 1.165) is 6.42 Å². The molecule has 1 aromatic rings. The van der Waals surface area contributed by atoms with Gasteiger partial charge in [-0.3, -0.25) is 9.48 Å². The molecule has 0 amide bonds. The molecule has 0 fully saturated rings. The van der Waals surface area contributed by atoms with Gasteiger partial charge >= 0.3 is 0 Å². The lowest BCUT2D eigenvalue weighted by Gasteiger charge is -2.14. The van der Waals surface area contributed by atoms with Crippen LogP contribution in [0.15, 0.2) is 6.20 Å². The fraction of sp³-hybridized carbons (Fsp3) is 0.667. The number of nitrogens with two attached hydrogens (primary N) is 1. The molecule has 1 heterocycles. The molecule has 96 valence electrons. The topological polar surface area (TPSA) is 60.9 Å². The van der Waals surface area contributed by atoms with Gasteiger partial charge in [0.2, 0.25) is 0 Å². The summed E-state index contributed by atoms with van der Waals surface area (Å²) in [5.41, 5.74) is 6.12. The largest absolute Gasteiger partial charge is 0.330 e. The summed E-state index contributed by atoms with van der Waals surface area (Å²) in [7, 11) is 0. The van der Waals surface area contributed by atoms with Gasteiger partial charge in [0.05, 0.1) is 11.2 Å². The molecule has 2 N–H and O–H groups in total. The Morgan fingerprint density at radius 2 is 2.24 bits per heavy atom. The van der Waals surface area contributed by atoms with Gasteiger partial charge in [0.25, 0.3) is 0 Å². The highest BCUT2D eigenvalue weighted by molar-refractivity contribution is 6.33. The van der Waals surface area contributed by atoms with E-state index >= 15 is 0 Å². The highest BCUT2D eigenvalue weighted by atomic mass is 35.5. The average Bonchev–Trinajstić information content (AvgIpc) is 2.67. The molecule has 17 heavy (non-hydrogen) atoms. The molecular weight excluding hydrogens is 238 g/mol. The van der Waals surface area contributed by atoms with E-state index in [4.69, 9.17) is 17.3 Å². The third-order valence-corrected chi connectivity index (χ3v) is 3.17. The fourth-order valence-corrected chi connectivity index (χ4v) is 1.98. The lowest BCUT2D eigenvalue weighted by atomic mass is 9.98. The van der Waals surface area contributed by atoms with Gasteiger partial charge in [-0.2, -0.15) is 5.10 Å². The number of hydrogen-bond acceptors (Lipinski definition) is 3. The maximum atomic E-state index is 12.2. The Bertz CT molecular complexity index is 383. The Labute approximate surface area is 107 Å². The summed E-state index contributed by atoms with van der Waals surface area (Å²) in [6, 6.07) is 0.124. The molecule has 0 saturated carbocycles. The van der Waals surface area contributed by atoms with E-state index in [1.165, 1.54) is 6.20 Å². The van der Waals surface area contributed by atoms with Crippen molar-refractivity contribution in [1.29, 1.82) is 0 Å². The van der Waals surface area contributed by atoms with Gasteiger partial charge in [-0.15, -0.1) is 0 Å². The van der Waals surface area contributed by atoms with Crippen LogP contribution in [0.3, 0.4) is 0 Å². The number of hydrogen-bond donors (Lipinski definition) is 1. The predicted molar refractivity (Wildman–Crippen MR) is 69.4 cm³/mol. The van der Waals surface area contributed by atoms with Crippen molar-refractivity contribution in [1.82, 2.24) is 9.78 Å². The maximum absolute atomic E-state index is 12.2. The summed E-state index contributed by atoms with van der Waals surface area (Å²) in [6.07, 6.45) is 2.86. The second-order valence-electron chi connectivity index (χ2n) is 4.52. The van der Waals surface area contributed by atoms with Crippen LogP contribution in [-0.4, -0.2) is 22.1 Å². The first-order valence-electron chi connectivity index (χ1n) is 5.97. The molecule has 0 aliphatic heterocycles. The Kier molecular flexibility index (Phi) is 5.15. The minimum Gasteiger partial charge on any atom is -0.330 e. The van der Waals surface area contributed by atoms with Gasteiger partial charge in [0.15, 0.2) is 5.78 Å². The quantitative estimate of drug-likeness (QED) is 0.797. The fourth-order valence-electron chi connectivity index (χ4n) is 1.75. The first-order chi connectivity index (χ1) is 8.01. The van der Waals surface area contributed by atoms with Crippen molar-refractivity contribution in [3.8, 4) is 0 Å². The molecule has 0 saturated heterocycles. The van der Waals surface area contributed by atoms with Gasteiger partial charge in [0.1, 0.15) is 5.69 Å². The van der Waals surface area contributed by atoms with Crippen LogP contribution in [0.5, 0.6) is 0 Å². The smallest absolute Gasteiger partial charge is 0.182 e. The van der Waals surface area contributed by atoms with E-state index in [9.17, 15) is 4.79 Å². The van der Waals surface area contributed by atoms with Crippen molar-refractivity contribution in [3.05, 3.63) is 16.9 Å².